The van der Waals surface area contributed by atoms with Gasteiger partial charge in [-0.05, 0) is 24.7 Å². The summed E-state index contributed by atoms with van der Waals surface area (Å²) in [5.41, 5.74) is 6.75. The molecule has 17 heavy (non-hydrogen) atoms. The van der Waals surface area contributed by atoms with Crippen LogP contribution in [0.1, 0.15) is 5.56 Å². The Morgan fingerprint density at radius 3 is 2.76 bits per heavy atom. The summed E-state index contributed by atoms with van der Waals surface area (Å²) in [5, 5.41) is 9.47. The minimum atomic E-state index is -0.214. The minimum absolute atomic E-state index is 0.00624. The number of hydrogen-bond acceptors (Lipinski definition) is 4. The summed E-state index contributed by atoms with van der Waals surface area (Å²) in [6.45, 7) is 1.37. The van der Waals surface area contributed by atoms with Crippen LogP contribution < -0.4 is 10.5 Å². The lowest BCUT2D eigenvalue weighted by Crippen LogP contribution is -2.37. The Morgan fingerprint density at radius 1 is 1.53 bits per heavy atom. The summed E-state index contributed by atoms with van der Waals surface area (Å²) < 4.78 is 5.09. The van der Waals surface area contributed by atoms with Gasteiger partial charge in [0.25, 0.3) is 0 Å². The SMILES string of the molecule is COc1ccc(CN(C)CC(N)CO)cc1Cl. The zero-order chi connectivity index (χ0) is 12.8. The van der Waals surface area contributed by atoms with Gasteiger partial charge >= 0.3 is 0 Å². The van der Waals surface area contributed by atoms with Gasteiger partial charge in [-0.25, -0.2) is 0 Å². The predicted molar refractivity (Wildman–Crippen MR) is 69.4 cm³/mol. The fraction of sp³-hybridized carbons (Fsp3) is 0.500. The smallest absolute Gasteiger partial charge is 0.137 e. The van der Waals surface area contributed by atoms with E-state index >= 15 is 0 Å². The number of methoxy groups -OCH3 is 1. The molecule has 0 fully saturated rings. The van der Waals surface area contributed by atoms with Crippen LogP contribution >= 0.6 is 11.6 Å². The molecule has 0 aliphatic rings. The zero-order valence-electron chi connectivity index (χ0n) is 10.2. The first-order valence-electron chi connectivity index (χ1n) is 5.44. The first-order valence-corrected chi connectivity index (χ1v) is 5.82. The minimum Gasteiger partial charge on any atom is -0.495 e. The second kappa shape index (κ2) is 6.81. The molecular formula is C12H19ClN2O2. The molecule has 0 aliphatic heterocycles. The van der Waals surface area contributed by atoms with Gasteiger partial charge in [0, 0.05) is 19.1 Å². The number of nitrogens with zero attached hydrogens (tertiary/aromatic N) is 1. The largest absolute Gasteiger partial charge is 0.495 e. The van der Waals surface area contributed by atoms with E-state index in [-0.39, 0.29) is 12.6 Å². The number of aliphatic hydroxyl groups excluding tert-OH is 1. The quantitative estimate of drug-likeness (QED) is 0.802. The molecule has 4 nitrogen and oxygen atoms in total. The van der Waals surface area contributed by atoms with Crippen molar-refractivity contribution < 1.29 is 9.84 Å². The lowest BCUT2D eigenvalue weighted by atomic mass is 10.2. The van der Waals surface area contributed by atoms with Crippen LogP contribution in [-0.4, -0.2) is 43.4 Å². The van der Waals surface area contributed by atoms with Gasteiger partial charge in [0.2, 0.25) is 0 Å². The summed E-state index contributed by atoms with van der Waals surface area (Å²) in [6.07, 6.45) is 0. The van der Waals surface area contributed by atoms with Gasteiger partial charge in [0.15, 0.2) is 0 Å². The van der Waals surface area contributed by atoms with E-state index in [1.54, 1.807) is 7.11 Å². The fourth-order valence-electron chi connectivity index (χ4n) is 1.64. The van der Waals surface area contributed by atoms with Gasteiger partial charge in [-0.2, -0.15) is 0 Å². The second-order valence-corrected chi connectivity index (χ2v) is 4.52. The van der Waals surface area contributed by atoms with E-state index in [0.717, 1.165) is 12.1 Å². The molecule has 1 aromatic rings. The standard InChI is InChI=1S/C12H19ClN2O2/c1-15(7-10(14)8-16)6-9-3-4-12(17-2)11(13)5-9/h3-5,10,16H,6-8,14H2,1-2H3. The molecule has 1 unspecified atom stereocenters. The predicted octanol–water partition coefficient (Wildman–Crippen LogP) is 1.10. The lowest BCUT2D eigenvalue weighted by Gasteiger charge is -2.20. The van der Waals surface area contributed by atoms with Gasteiger partial charge < -0.3 is 20.5 Å². The molecule has 0 aliphatic carbocycles. The monoisotopic (exact) mass is 258 g/mol. The Bertz CT molecular complexity index is 360. The third-order valence-corrected chi connectivity index (χ3v) is 2.74. The van der Waals surface area contributed by atoms with Gasteiger partial charge in [-0.15, -0.1) is 0 Å². The van der Waals surface area contributed by atoms with Gasteiger partial charge in [0.1, 0.15) is 5.75 Å². The topological polar surface area (TPSA) is 58.7 Å². The van der Waals surface area contributed by atoms with Crippen molar-refractivity contribution in [3.8, 4) is 5.75 Å². The van der Waals surface area contributed by atoms with E-state index in [1.807, 2.05) is 30.1 Å². The van der Waals surface area contributed by atoms with E-state index in [9.17, 15) is 0 Å². The van der Waals surface area contributed by atoms with Crippen LogP contribution in [0.25, 0.3) is 0 Å². The maximum absolute atomic E-state index is 8.87. The Morgan fingerprint density at radius 2 is 2.24 bits per heavy atom. The molecule has 1 rings (SSSR count). The maximum atomic E-state index is 8.87. The Hall–Kier alpha value is -0.810. The van der Waals surface area contributed by atoms with Gasteiger partial charge in [-0.1, -0.05) is 17.7 Å². The molecule has 3 N–H and O–H groups in total. The van der Waals surface area contributed by atoms with E-state index in [1.165, 1.54) is 0 Å². The van der Waals surface area contributed by atoms with Crippen LogP contribution in [0.3, 0.4) is 0 Å². The number of likely N-dealkylation sites (N-methyl/N-ethyl adjacent to an activating group) is 1. The highest BCUT2D eigenvalue weighted by atomic mass is 35.5. The van der Waals surface area contributed by atoms with Crippen LogP contribution in [0.2, 0.25) is 5.02 Å². The summed E-state index contributed by atoms with van der Waals surface area (Å²) >= 11 is 6.04. The first-order chi connectivity index (χ1) is 8.06. The van der Waals surface area contributed by atoms with Crippen molar-refractivity contribution in [2.45, 2.75) is 12.6 Å². The number of ether oxygens (including phenoxy) is 1. The number of aliphatic hydroxyl groups is 1. The first kappa shape index (κ1) is 14.3. The van der Waals surface area contributed by atoms with Crippen LogP contribution in [0.15, 0.2) is 18.2 Å². The van der Waals surface area contributed by atoms with Crippen LogP contribution in [0.5, 0.6) is 5.75 Å². The molecule has 96 valence electrons. The Balaban J connectivity index is 2.59. The average Bonchev–Trinajstić information content (AvgIpc) is 2.29. The molecular weight excluding hydrogens is 240 g/mol. The van der Waals surface area contributed by atoms with Crippen molar-refractivity contribution in [1.29, 1.82) is 0 Å². The van der Waals surface area contributed by atoms with Crippen molar-refractivity contribution in [3.63, 3.8) is 0 Å². The number of hydrogen-bond donors (Lipinski definition) is 2. The third-order valence-electron chi connectivity index (χ3n) is 2.45. The second-order valence-electron chi connectivity index (χ2n) is 4.11. The molecule has 5 heteroatoms. The summed E-state index contributed by atoms with van der Waals surface area (Å²) in [4.78, 5) is 2.04. The molecule has 0 heterocycles. The summed E-state index contributed by atoms with van der Waals surface area (Å²) in [5.74, 6) is 0.671. The van der Waals surface area contributed by atoms with Crippen molar-refractivity contribution >= 4 is 11.6 Å². The molecule has 0 saturated carbocycles. The highest BCUT2D eigenvalue weighted by Gasteiger charge is 2.07. The molecule has 0 radical (unpaired) electrons. The highest BCUT2D eigenvalue weighted by molar-refractivity contribution is 6.32. The zero-order valence-corrected chi connectivity index (χ0v) is 10.9. The van der Waals surface area contributed by atoms with Crippen molar-refractivity contribution in [2.24, 2.45) is 5.73 Å². The van der Waals surface area contributed by atoms with E-state index < -0.39 is 0 Å². The summed E-state index contributed by atoms with van der Waals surface area (Å²) in [6, 6.07) is 5.47. The van der Waals surface area contributed by atoms with E-state index in [2.05, 4.69) is 0 Å². The lowest BCUT2D eigenvalue weighted by molar-refractivity contribution is 0.218. The number of rotatable bonds is 6. The van der Waals surface area contributed by atoms with Crippen LogP contribution in [0.4, 0.5) is 0 Å². The molecule has 0 spiro atoms. The molecule has 1 aromatic carbocycles. The van der Waals surface area contributed by atoms with Crippen molar-refractivity contribution in [3.05, 3.63) is 28.8 Å². The Kier molecular flexibility index (Phi) is 5.71. The van der Waals surface area contributed by atoms with Crippen LogP contribution in [0, 0.1) is 0 Å². The molecule has 0 saturated heterocycles. The van der Waals surface area contributed by atoms with E-state index in [0.29, 0.717) is 17.3 Å². The normalized spacial score (nSPS) is 12.8. The highest BCUT2D eigenvalue weighted by Crippen LogP contribution is 2.25. The van der Waals surface area contributed by atoms with Gasteiger partial charge in [0.05, 0.1) is 18.7 Å². The molecule has 0 amide bonds. The van der Waals surface area contributed by atoms with Crippen molar-refractivity contribution in [1.82, 2.24) is 4.90 Å². The van der Waals surface area contributed by atoms with Crippen molar-refractivity contribution in [2.75, 3.05) is 27.3 Å². The molecule has 0 aromatic heterocycles. The van der Waals surface area contributed by atoms with Crippen LogP contribution in [-0.2, 0) is 6.54 Å². The summed E-state index contributed by atoms with van der Waals surface area (Å²) in [7, 11) is 3.54. The average molecular weight is 259 g/mol. The third kappa shape index (κ3) is 4.52. The maximum Gasteiger partial charge on any atom is 0.137 e. The Labute approximate surface area is 107 Å². The van der Waals surface area contributed by atoms with Gasteiger partial charge in [-0.3, -0.25) is 0 Å². The number of benzene rings is 1. The number of halogens is 1. The molecule has 1 atom stereocenters. The fourth-order valence-corrected chi connectivity index (χ4v) is 1.92. The number of nitrogens with two attached hydrogens (primary N) is 1. The van der Waals surface area contributed by atoms with E-state index in [4.69, 9.17) is 27.2 Å². The molecule has 0 bridgehead atoms.